The van der Waals surface area contributed by atoms with E-state index in [1.54, 1.807) is 6.92 Å². The second-order valence-corrected chi connectivity index (χ2v) is 6.34. The average molecular weight is 351 g/mol. The summed E-state index contributed by atoms with van der Waals surface area (Å²) in [6.07, 6.45) is 7.81. The molecule has 5 nitrogen and oxygen atoms in total. The molecule has 2 N–H and O–H groups in total. The summed E-state index contributed by atoms with van der Waals surface area (Å²) in [5, 5.41) is 0. The number of nitrogens with zero attached hydrogens (tertiary/aromatic N) is 1. The molecule has 142 valence electrons. The third-order valence-corrected chi connectivity index (χ3v) is 4.54. The first kappa shape index (κ1) is 21.6. The highest BCUT2D eigenvalue weighted by atomic mass is 16.5. The van der Waals surface area contributed by atoms with Gasteiger partial charge in [0.25, 0.3) is 0 Å². The highest BCUT2D eigenvalue weighted by Gasteiger charge is 2.38. The molecule has 0 unspecified atom stereocenters. The number of rotatable bonds is 11. The van der Waals surface area contributed by atoms with Gasteiger partial charge in [-0.05, 0) is 32.3 Å². The molecular weight excluding hydrogens is 316 g/mol. The van der Waals surface area contributed by atoms with E-state index in [1.807, 2.05) is 18.2 Å². The van der Waals surface area contributed by atoms with E-state index < -0.39 is 0 Å². The van der Waals surface area contributed by atoms with Gasteiger partial charge in [0.1, 0.15) is 0 Å². The molecule has 1 aliphatic rings. The third kappa shape index (κ3) is 6.10. The molecular formula is C20H34N2O3. The standard InChI is InChI=1S/C20H34N2O3/c1-6-11-22(12-7-2)19-17(21)13-15(20(23)24-10-5)14-18(19)25-16(8-3)9-4/h6-7,14,16-19H,1-2,8-13,21H2,3-5H3/t17-,18+,19+/m0/s1. The van der Waals surface area contributed by atoms with Crippen molar-refractivity contribution in [3.8, 4) is 0 Å². The molecule has 0 aromatic rings. The Labute approximate surface area is 152 Å². The zero-order valence-electron chi connectivity index (χ0n) is 15.9. The van der Waals surface area contributed by atoms with Gasteiger partial charge in [-0.15, -0.1) is 13.2 Å². The highest BCUT2D eigenvalue weighted by Crippen LogP contribution is 2.27. The van der Waals surface area contributed by atoms with Gasteiger partial charge in [0.2, 0.25) is 0 Å². The normalized spacial score (nSPS) is 23.4. The third-order valence-electron chi connectivity index (χ3n) is 4.54. The van der Waals surface area contributed by atoms with Crippen molar-refractivity contribution in [2.45, 2.75) is 64.3 Å². The van der Waals surface area contributed by atoms with Crippen LogP contribution in [0.2, 0.25) is 0 Å². The number of hydrogen-bond donors (Lipinski definition) is 1. The quantitative estimate of drug-likeness (QED) is 0.458. The van der Waals surface area contributed by atoms with Crippen LogP contribution in [0.4, 0.5) is 0 Å². The minimum Gasteiger partial charge on any atom is -0.463 e. The van der Waals surface area contributed by atoms with Gasteiger partial charge in [-0.25, -0.2) is 4.79 Å². The molecule has 0 aromatic heterocycles. The predicted octanol–water partition coefficient (Wildman–Crippen LogP) is 2.82. The lowest BCUT2D eigenvalue weighted by molar-refractivity contribution is -0.139. The number of carbonyl (C=O) groups excluding carboxylic acids is 1. The fraction of sp³-hybridized carbons (Fsp3) is 0.650. The van der Waals surface area contributed by atoms with Gasteiger partial charge in [-0.2, -0.15) is 0 Å². The molecule has 0 bridgehead atoms. The Morgan fingerprint density at radius 1 is 1.32 bits per heavy atom. The van der Waals surface area contributed by atoms with E-state index in [0.717, 1.165) is 12.8 Å². The van der Waals surface area contributed by atoms with Crippen LogP contribution in [-0.2, 0) is 14.3 Å². The Morgan fingerprint density at radius 3 is 2.40 bits per heavy atom. The second kappa shape index (κ2) is 11.2. The smallest absolute Gasteiger partial charge is 0.333 e. The van der Waals surface area contributed by atoms with E-state index in [1.165, 1.54) is 0 Å². The summed E-state index contributed by atoms with van der Waals surface area (Å²) in [4.78, 5) is 14.4. The van der Waals surface area contributed by atoms with E-state index in [0.29, 0.717) is 31.7 Å². The van der Waals surface area contributed by atoms with Crippen LogP contribution in [0.3, 0.4) is 0 Å². The van der Waals surface area contributed by atoms with Crippen molar-refractivity contribution >= 4 is 5.97 Å². The lowest BCUT2D eigenvalue weighted by Gasteiger charge is -2.42. The molecule has 0 fully saturated rings. The van der Waals surface area contributed by atoms with Crippen molar-refractivity contribution in [1.29, 1.82) is 0 Å². The Hall–Kier alpha value is -1.43. The molecule has 0 saturated heterocycles. The van der Waals surface area contributed by atoms with Crippen molar-refractivity contribution in [3.63, 3.8) is 0 Å². The average Bonchev–Trinajstić information content (AvgIpc) is 2.59. The number of esters is 1. The van der Waals surface area contributed by atoms with E-state index in [2.05, 4.69) is 31.9 Å². The van der Waals surface area contributed by atoms with Crippen LogP contribution in [0.5, 0.6) is 0 Å². The summed E-state index contributed by atoms with van der Waals surface area (Å²) in [5.74, 6) is -0.298. The maximum Gasteiger partial charge on any atom is 0.333 e. The summed E-state index contributed by atoms with van der Waals surface area (Å²) in [6.45, 7) is 15.4. The van der Waals surface area contributed by atoms with Crippen LogP contribution >= 0.6 is 0 Å². The van der Waals surface area contributed by atoms with Gasteiger partial charge in [0.15, 0.2) is 0 Å². The van der Waals surface area contributed by atoms with Crippen LogP contribution in [0.25, 0.3) is 0 Å². The molecule has 0 saturated carbocycles. The van der Waals surface area contributed by atoms with Gasteiger partial charge in [-0.1, -0.05) is 26.0 Å². The van der Waals surface area contributed by atoms with Gasteiger partial charge >= 0.3 is 5.97 Å². The maximum atomic E-state index is 12.2. The number of nitrogens with two attached hydrogens (primary N) is 1. The largest absolute Gasteiger partial charge is 0.463 e. The zero-order valence-corrected chi connectivity index (χ0v) is 15.9. The Bertz CT molecular complexity index is 462. The topological polar surface area (TPSA) is 64.8 Å². The number of hydrogen-bond acceptors (Lipinski definition) is 5. The summed E-state index contributed by atoms with van der Waals surface area (Å²) in [7, 11) is 0. The predicted molar refractivity (Wildman–Crippen MR) is 102 cm³/mol. The monoisotopic (exact) mass is 350 g/mol. The summed E-state index contributed by atoms with van der Waals surface area (Å²) < 4.78 is 11.5. The van der Waals surface area contributed by atoms with Crippen LogP contribution in [0, 0.1) is 0 Å². The molecule has 5 heteroatoms. The van der Waals surface area contributed by atoms with E-state index in [9.17, 15) is 4.79 Å². The fourth-order valence-corrected chi connectivity index (χ4v) is 3.31. The summed E-state index contributed by atoms with van der Waals surface area (Å²) >= 11 is 0. The molecule has 3 atom stereocenters. The Kier molecular flexibility index (Phi) is 9.71. The van der Waals surface area contributed by atoms with Crippen molar-refractivity contribution in [1.82, 2.24) is 4.90 Å². The minimum absolute atomic E-state index is 0.0326. The van der Waals surface area contributed by atoms with Crippen molar-refractivity contribution in [2.75, 3.05) is 19.7 Å². The minimum atomic E-state index is -0.298. The van der Waals surface area contributed by atoms with E-state index in [4.69, 9.17) is 15.2 Å². The van der Waals surface area contributed by atoms with Crippen LogP contribution in [-0.4, -0.2) is 54.9 Å². The molecule has 25 heavy (non-hydrogen) atoms. The van der Waals surface area contributed by atoms with E-state index >= 15 is 0 Å². The first-order valence-electron chi connectivity index (χ1n) is 9.26. The second-order valence-electron chi connectivity index (χ2n) is 6.34. The summed E-state index contributed by atoms with van der Waals surface area (Å²) in [5.41, 5.74) is 7.08. The summed E-state index contributed by atoms with van der Waals surface area (Å²) in [6, 6.07) is -0.251. The van der Waals surface area contributed by atoms with Gasteiger partial charge < -0.3 is 15.2 Å². The van der Waals surface area contributed by atoms with Crippen molar-refractivity contribution < 1.29 is 14.3 Å². The van der Waals surface area contributed by atoms with Crippen LogP contribution in [0.1, 0.15) is 40.0 Å². The Morgan fingerprint density at radius 2 is 1.92 bits per heavy atom. The SMILES string of the molecule is C=CCN(CC=C)[C@@H]1[C@@H](N)CC(C(=O)OCC)=C[C@H]1OC(CC)CC. The van der Waals surface area contributed by atoms with Gasteiger partial charge in [0.05, 0.1) is 24.9 Å². The molecule has 0 aliphatic heterocycles. The molecule has 1 rings (SSSR count). The molecule has 0 amide bonds. The first-order chi connectivity index (χ1) is 12.0. The first-order valence-corrected chi connectivity index (χ1v) is 9.26. The van der Waals surface area contributed by atoms with E-state index in [-0.39, 0.29) is 30.3 Å². The number of carbonyl (C=O) groups is 1. The molecule has 0 aromatic carbocycles. The van der Waals surface area contributed by atoms with Crippen molar-refractivity contribution in [2.24, 2.45) is 5.73 Å². The van der Waals surface area contributed by atoms with Gasteiger partial charge in [-0.3, -0.25) is 4.90 Å². The lowest BCUT2D eigenvalue weighted by atomic mass is 9.87. The van der Waals surface area contributed by atoms with Crippen LogP contribution in [0.15, 0.2) is 37.0 Å². The molecule has 0 radical (unpaired) electrons. The highest BCUT2D eigenvalue weighted by molar-refractivity contribution is 5.89. The zero-order chi connectivity index (χ0) is 18.8. The van der Waals surface area contributed by atoms with Gasteiger partial charge in [0, 0.05) is 24.7 Å². The van der Waals surface area contributed by atoms with Crippen LogP contribution < -0.4 is 5.73 Å². The molecule has 0 spiro atoms. The maximum absolute atomic E-state index is 12.2. The molecule has 1 aliphatic carbocycles. The fourth-order valence-electron chi connectivity index (χ4n) is 3.31. The molecule has 0 heterocycles. The Balaban J connectivity index is 3.15. The number of ether oxygens (including phenoxy) is 2. The van der Waals surface area contributed by atoms with Crippen molar-refractivity contribution in [3.05, 3.63) is 37.0 Å². The lowest BCUT2D eigenvalue weighted by Crippen LogP contribution is -2.57.